The van der Waals surface area contributed by atoms with Crippen molar-refractivity contribution in [1.29, 1.82) is 0 Å². The van der Waals surface area contributed by atoms with Crippen LogP contribution in [0.2, 0.25) is 0 Å². The molecule has 1 aliphatic heterocycles. The lowest BCUT2D eigenvalue weighted by atomic mass is 10.2. The van der Waals surface area contributed by atoms with Gasteiger partial charge in [0, 0.05) is 25.8 Å². The highest BCUT2D eigenvalue weighted by atomic mass is 16.4. The van der Waals surface area contributed by atoms with Crippen molar-refractivity contribution >= 4 is 11.6 Å². The molecule has 3 heterocycles. The van der Waals surface area contributed by atoms with Gasteiger partial charge in [-0.05, 0) is 18.6 Å². The number of likely N-dealkylation sites (N-methyl/N-ethyl adjacent to an activating group) is 1. The molecule has 0 saturated carbocycles. The van der Waals surface area contributed by atoms with Gasteiger partial charge in [0.05, 0.1) is 31.8 Å². The zero-order valence-electron chi connectivity index (χ0n) is 12.4. The molecular formula is C15H20N4O2. The largest absolute Gasteiger partial charge is 0.543 e. The van der Waals surface area contributed by atoms with Gasteiger partial charge < -0.3 is 19.2 Å². The van der Waals surface area contributed by atoms with E-state index in [2.05, 4.69) is 16.9 Å². The summed E-state index contributed by atoms with van der Waals surface area (Å²) in [5, 5.41) is 11.4. The molecule has 0 bridgehead atoms. The minimum atomic E-state index is -1.20. The standard InChI is InChI=1S/C15H20N4O2/c1-11-4-3-5-19-12(13(15(20)21)16-14(11)19)10-18-8-6-17(2)7-9-18/h3-5H,6-10H2,1-2H3,(H,20,21). The Morgan fingerprint density at radius 2 is 2.14 bits per heavy atom. The van der Waals surface area contributed by atoms with Crippen molar-refractivity contribution in [2.45, 2.75) is 13.5 Å². The predicted octanol–water partition coefficient (Wildman–Crippen LogP) is -1.66. The number of fused-ring (bicyclic) bond motifs is 1. The first-order chi connectivity index (χ1) is 10.1. The van der Waals surface area contributed by atoms with Crippen molar-refractivity contribution in [2.75, 3.05) is 33.2 Å². The SMILES string of the molecule is Cc1cccn2c(CN3CC[NH+](C)CC3)c(C(=O)[O-])nc12. The number of hydrogen-bond donors (Lipinski definition) is 1. The van der Waals surface area contributed by atoms with E-state index in [-0.39, 0.29) is 5.69 Å². The molecular weight excluding hydrogens is 268 g/mol. The van der Waals surface area contributed by atoms with Crippen LogP contribution in [0.4, 0.5) is 0 Å². The Hall–Kier alpha value is -1.92. The highest BCUT2D eigenvalue weighted by molar-refractivity contribution is 5.86. The van der Waals surface area contributed by atoms with Crippen LogP contribution in [0.5, 0.6) is 0 Å². The summed E-state index contributed by atoms with van der Waals surface area (Å²) in [6.45, 7) is 6.63. The quantitative estimate of drug-likeness (QED) is 0.734. The number of carbonyl (C=O) groups excluding carboxylic acids is 1. The van der Waals surface area contributed by atoms with Crippen LogP contribution >= 0.6 is 0 Å². The number of hydrogen-bond acceptors (Lipinski definition) is 4. The summed E-state index contributed by atoms with van der Waals surface area (Å²) in [5.41, 5.74) is 2.45. The zero-order valence-corrected chi connectivity index (χ0v) is 12.4. The molecule has 0 aromatic carbocycles. The van der Waals surface area contributed by atoms with Gasteiger partial charge >= 0.3 is 0 Å². The second-order valence-electron chi connectivity index (χ2n) is 5.81. The Kier molecular flexibility index (Phi) is 3.65. The molecule has 0 unspecified atom stereocenters. The summed E-state index contributed by atoms with van der Waals surface area (Å²) in [6.07, 6.45) is 1.87. The molecule has 0 atom stereocenters. The third kappa shape index (κ3) is 2.64. The number of rotatable bonds is 3. The first kappa shape index (κ1) is 14.0. The number of piperazine rings is 1. The number of imidazole rings is 1. The second-order valence-corrected chi connectivity index (χ2v) is 5.81. The molecule has 2 aromatic heterocycles. The van der Waals surface area contributed by atoms with E-state index < -0.39 is 5.97 Å². The lowest BCUT2D eigenvalue weighted by molar-refractivity contribution is -0.884. The van der Waals surface area contributed by atoms with Crippen LogP contribution < -0.4 is 10.0 Å². The van der Waals surface area contributed by atoms with Crippen LogP contribution in [0, 0.1) is 6.92 Å². The van der Waals surface area contributed by atoms with E-state index in [0.717, 1.165) is 31.7 Å². The van der Waals surface area contributed by atoms with E-state index in [1.54, 1.807) is 0 Å². The first-order valence-corrected chi connectivity index (χ1v) is 7.28. The fraction of sp³-hybridized carbons (Fsp3) is 0.467. The summed E-state index contributed by atoms with van der Waals surface area (Å²) in [6, 6.07) is 3.85. The minimum Gasteiger partial charge on any atom is -0.543 e. The number of nitrogens with one attached hydrogen (secondary N) is 1. The monoisotopic (exact) mass is 288 g/mol. The van der Waals surface area contributed by atoms with Crippen LogP contribution in [0.1, 0.15) is 21.7 Å². The van der Waals surface area contributed by atoms with Crippen molar-refractivity contribution in [1.82, 2.24) is 14.3 Å². The van der Waals surface area contributed by atoms with Crippen molar-refractivity contribution < 1.29 is 14.8 Å². The molecule has 1 fully saturated rings. The fourth-order valence-electron chi connectivity index (χ4n) is 2.87. The maximum absolute atomic E-state index is 11.4. The highest BCUT2D eigenvalue weighted by Crippen LogP contribution is 2.17. The topological polar surface area (TPSA) is 65.1 Å². The number of pyridine rings is 1. The third-order valence-corrected chi connectivity index (χ3v) is 4.22. The van der Waals surface area contributed by atoms with E-state index in [4.69, 9.17) is 0 Å². The molecule has 6 nitrogen and oxygen atoms in total. The Morgan fingerprint density at radius 3 is 2.81 bits per heavy atom. The average molecular weight is 288 g/mol. The molecule has 0 spiro atoms. The molecule has 3 rings (SSSR count). The number of nitrogens with zero attached hydrogens (tertiary/aromatic N) is 3. The number of aromatic carboxylic acids is 1. The summed E-state index contributed by atoms with van der Waals surface area (Å²) in [5.74, 6) is -1.20. The van der Waals surface area contributed by atoms with E-state index >= 15 is 0 Å². The van der Waals surface area contributed by atoms with E-state index in [1.165, 1.54) is 4.90 Å². The normalized spacial score (nSPS) is 17.4. The van der Waals surface area contributed by atoms with Crippen LogP contribution in [-0.2, 0) is 6.54 Å². The average Bonchev–Trinajstić information content (AvgIpc) is 2.82. The Morgan fingerprint density at radius 1 is 1.43 bits per heavy atom. The van der Waals surface area contributed by atoms with Gasteiger partial charge in [-0.1, -0.05) is 6.07 Å². The smallest absolute Gasteiger partial charge is 0.140 e. The van der Waals surface area contributed by atoms with E-state index in [1.807, 2.05) is 29.7 Å². The van der Waals surface area contributed by atoms with Crippen LogP contribution in [0.25, 0.3) is 5.65 Å². The summed E-state index contributed by atoms with van der Waals surface area (Å²) < 4.78 is 1.88. The molecule has 1 aliphatic rings. The number of aryl methyl sites for hydroxylation is 1. The van der Waals surface area contributed by atoms with Gasteiger partial charge in [0.25, 0.3) is 0 Å². The van der Waals surface area contributed by atoms with Crippen LogP contribution in [0.3, 0.4) is 0 Å². The molecule has 21 heavy (non-hydrogen) atoms. The molecule has 1 saturated heterocycles. The highest BCUT2D eigenvalue weighted by Gasteiger charge is 2.21. The van der Waals surface area contributed by atoms with Crippen LogP contribution in [-0.4, -0.2) is 53.5 Å². The lowest BCUT2D eigenvalue weighted by Crippen LogP contribution is -3.11. The summed E-state index contributed by atoms with van der Waals surface area (Å²) in [4.78, 5) is 19.4. The Bertz CT molecular complexity index is 672. The fourth-order valence-corrected chi connectivity index (χ4v) is 2.87. The summed E-state index contributed by atoms with van der Waals surface area (Å²) in [7, 11) is 2.18. The molecule has 0 amide bonds. The van der Waals surface area contributed by atoms with E-state index in [0.29, 0.717) is 17.9 Å². The van der Waals surface area contributed by atoms with Gasteiger partial charge in [0.1, 0.15) is 11.3 Å². The molecule has 1 N–H and O–H groups in total. The van der Waals surface area contributed by atoms with Crippen molar-refractivity contribution in [3.05, 3.63) is 35.3 Å². The number of carboxylic acids is 1. The second kappa shape index (κ2) is 5.46. The van der Waals surface area contributed by atoms with Crippen molar-refractivity contribution in [3.8, 4) is 0 Å². The summed E-state index contributed by atoms with van der Waals surface area (Å²) >= 11 is 0. The van der Waals surface area contributed by atoms with E-state index in [9.17, 15) is 9.90 Å². The van der Waals surface area contributed by atoms with Gasteiger partial charge in [-0.3, -0.25) is 4.90 Å². The van der Waals surface area contributed by atoms with Gasteiger partial charge in [-0.25, -0.2) is 4.98 Å². The Labute approximate surface area is 123 Å². The maximum atomic E-state index is 11.4. The van der Waals surface area contributed by atoms with Gasteiger partial charge in [0.2, 0.25) is 0 Å². The molecule has 6 heteroatoms. The molecule has 0 aliphatic carbocycles. The third-order valence-electron chi connectivity index (χ3n) is 4.22. The number of carbonyl (C=O) groups is 1. The number of aromatic nitrogens is 2. The van der Waals surface area contributed by atoms with Gasteiger partial charge in [0.15, 0.2) is 0 Å². The van der Waals surface area contributed by atoms with Gasteiger partial charge in [-0.2, -0.15) is 0 Å². The number of carboxylic acid groups (broad SMARTS) is 1. The molecule has 0 radical (unpaired) electrons. The minimum absolute atomic E-state index is 0.0653. The van der Waals surface area contributed by atoms with Crippen molar-refractivity contribution in [2.24, 2.45) is 0 Å². The van der Waals surface area contributed by atoms with Crippen LogP contribution in [0.15, 0.2) is 18.3 Å². The molecule has 2 aromatic rings. The number of quaternary nitrogens is 1. The lowest BCUT2D eigenvalue weighted by Gasteiger charge is -2.30. The Balaban J connectivity index is 1.98. The van der Waals surface area contributed by atoms with Gasteiger partial charge in [-0.15, -0.1) is 0 Å². The first-order valence-electron chi connectivity index (χ1n) is 7.28. The maximum Gasteiger partial charge on any atom is 0.140 e. The van der Waals surface area contributed by atoms with Crippen molar-refractivity contribution in [3.63, 3.8) is 0 Å². The predicted molar refractivity (Wildman–Crippen MR) is 76.2 cm³/mol. The molecule has 112 valence electrons. The zero-order chi connectivity index (χ0) is 15.0.